The molecule has 0 aliphatic carbocycles. The molecule has 0 aliphatic rings. The molecule has 0 amide bonds. The van der Waals surface area contributed by atoms with Crippen LogP contribution in [0.1, 0.15) is 37.6 Å². The first-order valence-corrected chi connectivity index (χ1v) is 6.65. The molecule has 0 saturated heterocycles. The topological polar surface area (TPSA) is 49.3 Å². The van der Waals surface area contributed by atoms with E-state index in [1.807, 2.05) is 6.92 Å². The number of nitrogens with one attached hydrogen (secondary N) is 1. The zero-order valence-electron chi connectivity index (χ0n) is 10.6. The van der Waals surface area contributed by atoms with Gasteiger partial charge in [-0.15, -0.1) is 0 Å². The van der Waals surface area contributed by atoms with Crippen molar-refractivity contribution in [3.8, 4) is 0 Å². The third-order valence-corrected chi connectivity index (χ3v) is 3.97. The Morgan fingerprint density at radius 2 is 2.11 bits per heavy atom. The van der Waals surface area contributed by atoms with Gasteiger partial charge in [-0.1, -0.05) is 20.3 Å². The lowest BCUT2D eigenvalue weighted by Crippen LogP contribution is -2.24. The zero-order chi connectivity index (χ0) is 13.9. The lowest BCUT2D eigenvalue weighted by Gasteiger charge is -2.21. The van der Waals surface area contributed by atoms with E-state index in [9.17, 15) is 9.18 Å². The van der Waals surface area contributed by atoms with Crippen molar-refractivity contribution in [2.75, 3.05) is 5.32 Å². The molecule has 1 aromatic rings. The number of benzene rings is 1. The average Bonchev–Trinajstić information content (AvgIpc) is 2.33. The predicted molar refractivity (Wildman–Crippen MR) is 73.6 cm³/mol. The van der Waals surface area contributed by atoms with E-state index in [1.54, 1.807) is 0 Å². The van der Waals surface area contributed by atoms with E-state index < -0.39 is 11.8 Å². The SMILES string of the molecule is CCC(C)C(C)Nc1ccc(C(=O)O)c(Br)c1F. The molecule has 2 unspecified atom stereocenters. The van der Waals surface area contributed by atoms with E-state index in [0.717, 1.165) is 6.42 Å². The first-order chi connectivity index (χ1) is 8.38. The minimum Gasteiger partial charge on any atom is -0.478 e. The first kappa shape index (κ1) is 15.0. The number of carboxylic acids is 1. The van der Waals surface area contributed by atoms with Crippen LogP contribution in [0.25, 0.3) is 0 Å². The molecule has 0 radical (unpaired) electrons. The van der Waals surface area contributed by atoms with Crippen LogP contribution in [0.3, 0.4) is 0 Å². The predicted octanol–water partition coefficient (Wildman–Crippen LogP) is 4.13. The van der Waals surface area contributed by atoms with Gasteiger partial charge in [0.1, 0.15) is 0 Å². The number of carbonyl (C=O) groups is 1. The summed E-state index contributed by atoms with van der Waals surface area (Å²) < 4.78 is 14.0. The van der Waals surface area contributed by atoms with Gasteiger partial charge in [-0.2, -0.15) is 0 Å². The number of hydrogen-bond acceptors (Lipinski definition) is 2. The van der Waals surface area contributed by atoms with Crippen molar-refractivity contribution in [3.63, 3.8) is 0 Å². The smallest absolute Gasteiger partial charge is 0.336 e. The summed E-state index contributed by atoms with van der Waals surface area (Å²) in [5.74, 6) is -1.31. The van der Waals surface area contributed by atoms with E-state index in [2.05, 4.69) is 35.1 Å². The second kappa shape index (κ2) is 6.18. The van der Waals surface area contributed by atoms with Gasteiger partial charge in [0.25, 0.3) is 0 Å². The van der Waals surface area contributed by atoms with Crippen molar-refractivity contribution in [2.24, 2.45) is 5.92 Å². The molecule has 5 heteroatoms. The van der Waals surface area contributed by atoms with Crippen molar-refractivity contribution >= 4 is 27.6 Å². The summed E-state index contributed by atoms with van der Waals surface area (Å²) in [5, 5.41) is 11.9. The van der Waals surface area contributed by atoms with E-state index >= 15 is 0 Å². The maximum atomic E-state index is 14.0. The Morgan fingerprint density at radius 1 is 1.50 bits per heavy atom. The fraction of sp³-hybridized carbons (Fsp3) is 0.462. The van der Waals surface area contributed by atoms with Crippen molar-refractivity contribution in [2.45, 2.75) is 33.2 Å². The van der Waals surface area contributed by atoms with Crippen LogP contribution < -0.4 is 5.32 Å². The van der Waals surface area contributed by atoms with Gasteiger partial charge in [-0.25, -0.2) is 9.18 Å². The minimum atomic E-state index is -1.15. The molecule has 0 fully saturated rings. The Labute approximate surface area is 115 Å². The minimum absolute atomic E-state index is 0.0173. The number of anilines is 1. The normalized spacial score (nSPS) is 14.1. The highest BCUT2D eigenvalue weighted by atomic mass is 79.9. The summed E-state index contributed by atoms with van der Waals surface area (Å²) in [7, 11) is 0. The monoisotopic (exact) mass is 317 g/mol. The van der Waals surface area contributed by atoms with Crippen molar-refractivity contribution in [3.05, 3.63) is 28.0 Å². The second-order valence-corrected chi connectivity index (χ2v) is 5.21. The molecule has 3 nitrogen and oxygen atoms in total. The molecular weight excluding hydrogens is 301 g/mol. The summed E-state index contributed by atoms with van der Waals surface area (Å²) in [4.78, 5) is 10.8. The van der Waals surface area contributed by atoms with Crippen LogP contribution in [-0.4, -0.2) is 17.1 Å². The van der Waals surface area contributed by atoms with E-state index in [-0.39, 0.29) is 16.1 Å². The van der Waals surface area contributed by atoms with E-state index in [1.165, 1.54) is 12.1 Å². The van der Waals surface area contributed by atoms with Gasteiger partial charge in [0.15, 0.2) is 5.82 Å². The molecule has 18 heavy (non-hydrogen) atoms. The molecule has 1 rings (SSSR count). The summed E-state index contributed by atoms with van der Waals surface area (Å²) >= 11 is 2.98. The standard InChI is InChI=1S/C13H17BrFNO2/c1-4-7(2)8(3)16-10-6-5-9(13(17)18)11(14)12(10)15/h5-8,16H,4H2,1-3H3,(H,17,18). The van der Waals surface area contributed by atoms with Crippen LogP contribution >= 0.6 is 15.9 Å². The molecule has 0 heterocycles. The third-order valence-electron chi connectivity index (χ3n) is 3.19. The maximum Gasteiger partial charge on any atom is 0.336 e. The lowest BCUT2D eigenvalue weighted by atomic mass is 10.0. The van der Waals surface area contributed by atoms with Gasteiger partial charge in [0.2, 0.25) is 0 Å². The molecule has 0 saturated carbocycles. The fourth-order valence-electron chi connectivity index (χ4n) is 1.57. The first-order valence-electron chi connectivity index (χ1n) is 5.86. The highest BCUT2D eigenvalue weighted by Gasteiger charge is 2.18. The Morgan fingerprint density at radius 3 is 2.61 bits per heavy atom. The van der Waals surface area contributed by atoms with Gasteiger partial charge < -0.3 is 10.4 Å². The Bertz CT molecular complexity index is 451. The average molecular weight is 318 g/mol. The zero-order valence-corrected chi connectivity index (χ0v) is 12.2. The lowest BCUT2D eigenvalue weighted by molar-refractivity contribution is 0.0695. The van der Waals surface area contributed by atoms with Crippen LogP contribution in [0.5, 0.6) is 0 Å². The Kier molecular flexibility index (Phi) is 5.14. The molecule has 0 bridgehead atoms. The highest BCUT2D eigenvalue weighted by molar-refractivity contribution is 9.10. The van der Waals surface area contributed by atoms with Crippen molar-refractivity contribution in [1.29, 1.82) is 0 Å². The molecule has 1 aromatic carbocycles. The van der Waals surface area contributed by atoms with Gasteiger partial charge >= 0.3 is 5.97 Å². The van der Waals surface area contributed by atoms with E-state index in [0.29, 0.717) is 11.6 Å². The largest absolute Gasteiger partial charge is 0.478 e. The van der Waals surface area contributed by atoms with Crippen molar-refractivity contribution < 1.29 is 14.3 Å². The number of halogens is 2. The third kappa shape index (κ3) is 3.22. The summed E-state index contributed by atoms with van der Waals surface area (Å²) in [6.07, 6.45) is 0.990. The van der Waals surface area contributed by atoms with Gasteiger partial charge in [0.05, 0.1) is 15.7 Å². The number of rotatable bonds is 5. The van der Waals surface area contributed by atoms with Crippen molar-refractivity contribution in [1.82, 2.24) is 0 Å². The highest BCUT2D eigenvalue weighted by Crippen LogP contribution is 2.28. The Hall–Kier alpha value is -1.10. The molecule has 0 aliphatic heterocycles. The summed E-state index contributed by atoms with van der Waals surface area (Å²) in [6.45, 7) is 6.13. The van der Waals surface area contributed by atoms with Gasteiger partial charge in [-0.05, 0) is 40.9 Å². The molecule has 2 atom stereocenters. The number of aromatic carboxylic acids is 1. The maximum absolute atomic E-state index is 14.0. The van der Waals surface area contributed by atoms with Crippen LogP contribution in [0.4, 0.5) is 10.1 Å². The van der Waals surface area contributed by atoms with Gasteiger partial charge in [0, 0.05) is 6.04 Å². The molecule has 0 spiro atoms. The molecule has 0 aromatic heterocycles. The fourth-order valence-corrected chi connectivity index (χ4v) is 2.08. The molecule has 100 valence electrons. The van der Waals surface area contributed by atoms with Gasteiger partial charge in [-0.3, -0.25) is 0 Å². The van der Waals surface area contributed by atoms with Crippen LogP contribution in [0.15, 0.2) is 16.6 Å². The summed E-state index contributed by atoms with van der Waals surface area (Å²) in [5.41, 5.74) is 0.244. The number of hydrogen-bond donors (Lipinski definition) is 2. The van der Waals surface area contributed by atoms with Crippen LogP contribution in [0.2, 0.25) is 0 Å². The second-order valence-electron chi connectivity index (χ2n) is 4.41. The van der Waals surface area contributed by atoms with E-state index in [4.69, 9.17) is 5.11 Å². The Balaban J connectivity index is 2.99. The van der Waals surface area contributed by atoms with Crippen LogP contribution in [0, 0.1) is 11.7 Å². The quantitative estimate of drug-likeness (QED) is 0.858. The molecule has 2 N–H and O–H groups in total. The number of carboxylic acid groups (broad SMARTS) is 1. The van der Waals surface area contributed by atoms with Crippen LogP contribution in [-0.2, 0) is 0 Å². The molecular formula is C13H17BrFNO2. The summed E-state index contributed by atoms with van der Waals surface area (Å²) in [6, 6.07) is 2.97.